The van der Waals surface area contributed by atoms with Crippen LogP contribution in [0.4, 0.5) is 0 Å². The molecule has 0 radical (unpaired) electrons. The lowest BCUT2D eigenvalue weighted by atomic mass is 9.97. The number of hydrogen-bond acceptors (Lipinski definition) is 13. The highest BCUT2D eigenvalue weighted by Gasteiger charge is 2.51. The topological polar surface area (TPSA) is 228 Å². The zero-order valence-electron chi connectivity index (χ0n) is 45.0. The predicted molar refractivity (Wildman–Crippen MR) is 282 cm³/mol. The molecule has 2 saturated heterocycles. The van der Waals surface area contributed by atoms with Gasteiger partial charge in [0, 0.05) is 6.42 Å². The summed E-state index contributed by atoms with van der Waals surface area (Å²) in [6, 6.07) is -0.908. The summed E-state index contributed by atoms with van der Waals surface area (Å²) in [5.41, 5.74) is 0. The summed E-state index contributed by atoms with van der Waals surface area (Å²) in [5, 5.41) is 86.9. The van der Waals surface area contributed by atoms with Crippen LogP contribution in [0.1, 0.15) is 251 Å². The summed E-state index contributed by atoms with van der Waals surface area (Å²) in [7, 11) is 0. The number of ether oxygens (including phenoxy) is 4. The van der Waals surface area contributed by atoms with Crippen molar-refractivity contribution in [2.45, 2.75) is 325 Å². The molecule has 14 heteroatoms. The van der Waals surface area contributed by atoms with E-state index in [4.69, 9.17) is 18.9 Å². The summed E-state index contributed by atoms with van der Waals surface area (Å²) in [5.74, 6) is -0.235. The van der Waals surface area contributed by atoms with E-state index in [1.807, 2.05) is 6.08 Å². The van der Waals surface area contributed by atoms with E-state index in [0.29, 0.717) is 6.42 Å². The molecule has 0 bridgehead atoms. The molecular weight excluding hydrogens is 907 g/mol. The van der Waals surface area contributed by atoms with E-state index in [1.165, 1.54) is 186 Å². The SMILES string of the molecule is CCCCCCCCCCCCC/C=C/[C@@H](O)[C@H](CO[C@@H]1O[C@H](CO)[C@@H](O[C@@H]2O[C@H](CO)[C@H](O)C(O)C2O)C(O)C1O)NC(=O)CCCCCCCCCCCCCCCCCCCCCCCCCC. The van der Waals surface area contributed by atoms with E-state index in [2.05, 4.69) is 19.2 Å². The minimum Gasteiger partial charge on any atom is -0.394 e. The van der Waals surface area contributed by atoms with Gasteiger partial charge in [-0.25, -0.2) is 0 Å². The summed E-state index contributed by atoms with van der Waals surface area (Å²) >= 11 is 0. The van der Waals surface area contributed by atoms with Crippen molar-refractivity contribution in [3.8, 4) is 0 Å². The molecule has 0 aromatic carbocycles. The molecule has 0 saturated carbocycles. The predicted octanol–water partition coefficient (Wildman–Crippen LogP) is 9.50. The van der Waals surface area contributed by atoms with Crippen molar-refractivity contribution in [1.29, 1.82) is 0 Å². The van der Waals surface area contributed by atoms with Gasteiger partial charge in [0.1, 0.15) is 48.8 Å². The standard InChI is InChI=1S/C57H109NO13/c1-3-5-7-9-11-13-15-17-18-19-20-21-22-23-24-25-26-27-29-31-33-35-37-39-41-49(62)58-45(46(61)40-38-36-34-32-30-28-16-14-12-10-8-6-4-2)44-68-56-54(67)52(65)55(48(43-60)70-56)71-57-53(66)51(64)50(63)47(42-59)69-57/h38,40,45-48,50-57,59-61,63-67H,3-37,39,41-44H2,1-2H3,(H,58,62)/b40-38+/t45-,46+,47+,48+,50-,51?,52?,53?,54?,55+,56+,57-/m0/s1. The summed E-state index contributed by atoms with van der Waals surface area (Å²) in [6.07, 6.45) is 32.6. The Bertz CT molecular complexity index is 1240. The molecule has 2 heterocycles. The fraction of sp³-hybridized carbons (Fsp3) is 0.947. The fourth-order valence-corrected chi connectivity index (χ4v) is 9.94. The normalized spacial score (nSPS) is 25.8. The summed E-state index contributed by atoms with van der Waals surface area (Å²) in [4.78, 5) is 13.2. The maximum Gasteiger partial charge on any atom is 0.220 e. The average Bonchev–Trinajstić information content (AvgIpc) is 3.37. The third kappa shape index (κ3) is 30.2. The molecule has 1 amide bonds. The molecule has 0 aromatic rings. The Morgan fingerprint density at radius 3 is 1.30 bits per heavy atom. The van der Waals surface area contributed by atoms with E-state index >= 15 is 0 Å². The van der Waals surface area contributed by atoms with Crippen molar-refractivity contribution in [2.75, 3.05) is 19.8 Å². The van der Waals surface area contributed by atoms with E-state index in [9.17, 15) is 45.6 Å². The second-order valence-corrected chi connectivity index (χ2v) is 21.1. The van der Waals surface area contributed by atoms with Gasteiger partial charge in [-0.05, 0) is 19.3 Å². The highest BCUT2D eigenvalue weighted by atomic mass is 16.7. The molecule has 2 aliphatic heterocycles. The quantitative estimate of drug-likeness (QED) is 0.0205. The second kappa shape index (κ2) is 43.9. The van der Waals surface area contributed by atoms with Gasteiger partial charge < -0.3 is 65.1 Å². The number of unbranched alkanes of at least 4 members (excludes halogenated alkanes) is 34. The van der Waals surface area contributed by atoms with Gasteiger partial charge in [0.25, 0.3) is 0 Å². The van der Waals surface area contributed by atoms with Gasteiger partial charge in [0.2, 0.25) is 5.91 Å². The van der Waals surface area contributed by atoms with E-state index in [1.54, 1.807) is 6.08 Å². The smallest absolute Gasteiger partial charge is 0.220 e. The van der Waals surface area contributed by atoms with Crippen molar-refractivity contribution < 1.29 is 64.6 Å². The summed E-state index contributed by atoms with van der Waals surface area (Å²) < 4.78 is 22.7. The van der Waals surface area contributed by atoms with Gasteiger partial charge in [-0.3, -0.25) is 4.79 Å². The van der Waals surface area contributed by atoms with Crippen molar-refractivity contribution in [3.05, 3.63) is 12.2 Å². The first-order valence-electron chi connectivity index (χ1n) is 29.4. The number of carbonyl (C=O) groups excluding carboxylic acids is 1. The maximum absolute atomic E-state index is 13.2. The van der Waals surface area contributed by atoms with Gasteiger partial charge >= 0.3 is 0 Å². The van der Waals surface area contributed by atoms with Gasteiger partial charge in [0.15, 0.2) is 12.6 Å². The zero-order valence-corrected chi connectivity index (χ0v) is 45.0. The van der Waals surface area contributed by atoms with Crippen LogP contribution in [0, 0.1) is 0 Å². The van der Waals surface area contributed by atoms with Crippen LogP contribution >= 0.6 is 0 Å². The first kappa shape index (κ1) is 65.8. The average molecular weight is 1020 g/mol. The molecule has 9 N–H and O–H groups in total. The van der Waals surface area contributed by atoms with Crippen LogP contribution < -0.4 is 5.32 Å². The van der Waals surface area contributed by atoms with Crippen molar-refractivity contribution in [2.24, 2.45) is 0 Å². The second-order valence-electron chi connectivity index (χ2n) is 21.1. The Morgan fingerprint density at radius 2 is 0.873 bits per heavy atom. The molecule has 0 aliphatic carbocycles. The Labute approximate surface area is 431 Å². The number of amides is 1. The van der Waals surface area contributed by atoms with Crippen LogP contribution in [0.25, 0.3) is 0 Å². The van der Waals surface area contributed by atoms with E-state index < -0.39 is 86.8 Å². The monoisotopic (exact) mass is 1020 g/mol. The third-order valence-corrected chi connectivity index (χ3v) is 14.7. The lowest BCUT2D eigenvalue weighted by Crippen LogP contribution is -2.65. The molecule has 0 aromatic heterocycles. The van der Waals surface area contributed by atoms with Gasteiger partial charge in [0.05, 0.1) is 32.0 Å². The van der Waals surface area contributed by atoms with Crippen LogP contribution in [0.15, 0.2) is 12.2 Å². The fourth-order valence-electron chi connectivity index (χ4n) is 9.94. The zero-order chi connectivity index (χ0) is 51.7. The van der Waals surface area contributed by atoms with Gasteiger partial charge in [-0.2, -0.15) is 0 Å². The Kier molecular flexibility index (Phi) is 40.7. The number of nitrogens with one attached hydrogen (secondary N) is 1. The number of aliphatic hydroxyl groups is 8. The first-order chi connectivity index (χ1) is 34.6. The molecule has 4 unspecified atom stereocenters. The minimum atomic E-state index is -1.78. The van der Waals surface area contributed by atoms with Gasteiger partial charge in [-0.15, -0.1) is 0 Å². The van der Waals surface area contributed by atoms with Crippen molar-refractivity contribution in [1.82, 2.24) is 5.32 Å². The lowest BCUT2D eigenvalue weighted by Gasteiger charge is -2.46. The molecule has 12 atom stereocenters. The van der Waals surface area contributed by atoms with E-state index in [-0.39, 0.29) is 18.9 Å². The molecular formula is C57H109NO13. The number of hydrogen-bond donors (Lipinski definition) is 9. The van der Waals surface area contributed by atoms with Crippen molar-refractivity contribution in [3.63, 3.8) is 0 Å². The highest BCUT2D eigenvalue weighted by molar-refractivity contribution is 5.76. The Hall–Kier alpha value is -1.27. The van der Waals surface area contributed by atoms with Gasteiger partial charge in [-0.1, -0.05) is 238 Å². The summed E-state index contributed by atoms with van der Waals surface area (Å²) in [6.45, 7) is 2.81. The van der Waals surface area contributed by atoms with Crippen LogP contribution in [0.5, 0.6) is 0 Å². The molecule has 420 valence electrons. The lowest BCUT2D eigenvalue weighted by molar-refractivity contribution is -0.359. The third-order valence-electron chi connectivity index (χ3n) is 14.7. The van der Waals surface area contributed by atoms with Crippen molar-refractivity contribution >= 4 is 5.91 Å². The Balaban J connectivity index is 1.72. The van der Waals surface area contributed by atoms with Crippen LogP contribution in [-0.4, -0.2) is 140 Å². The maximum atomic E-state index is 13.2. The Morgan fingerprint density at radius 1 is 0.493 bits per heavy atom. The molecule has 2 aliphatic rings. The molecule has 14 nitrogen and oxygen atoms in total. The number of rotatable bonds is 47. The largest absolute Gasteiger partial charge is 0.394 e. The highest BCUT2D eigenvalue weighted by Crippen LogP contribution is 2.30. The molecule has 2 fully saturated rings. The van der Waals surface area contributed by atoms with Crippen LogP contribution in [-0.2, 0) is 23.7 Å². The minimum absolute atomic E-state index is 0.235. The molecule has 71 heavy (non-hydrogen) atoms. The molecule has 2 rings (SSSR count). The van der Waals surface area contributed by atoms with Crippen LogP contribution in [0.2, 0.25) is 0 Å². The number of aliphatic hydroxyl groups excluding tert-OH is 8. The first-order valence-corrected chi connectivity index (χ1v) is 29.4. The van der Waals surface area contributed by atoms with Crippen LogP contribution in [0.3, 0.4) is 0 Å². The number of carbonyl (C=O) groups is 1. The number of allylic oxidation sites excluding steroid dienone is 1. The van der Waals surface area contributed by atoms with E-state index in [0.717, 1.165) is 38.5 Å². The molecule has 0 spiro atoms.